The predicted molar refractivity (Wildman–Crippen MR) is 402 cm³/mol. The zero-order chi connectivity index (χ0) is 79.0. The Morgan fingerprint density at radius 1 is 0.731 bits per heavy atom. The summed E-state index contributed by atoms with van der Waals surface area (Å²) in [6.07, 6.45) is -7.90. The third-order valence-corrected chi connectivity index (χ3v) is 21.7. The van der Waals surface area contributed by atoms with Gasteiger partial charge in [0, 0.05) is 118 Å². The summed E-state index contributed by atoms with van der Waals surface area (Å²) < 4.78 is 38.3. The number of ether oxygens (including phenoxy) is 1. The van der Waals surface area contributed by atoms with Crippen LogP contribution in [0.5, 0.6) is 11.5 Å². The lowest BCUT2D eigenvalue weighted by Crippen LogP contribution is -2.64. The number of nitrogens with one attached hydrogen (secondary N) is 6. The van der Waals surface area contributed by atoms with E-state index in [-0.39, 0.29) is 17.7 Å². The number of hydrogen-bond donors (Lipinski definition) is 16. The van der Waals surface area contributed by atoms with E-state index in [0.29, 0.717) is 33.7 Å². The van der Waals surface area contributed by atoms with Gasteiger partial charge in [-0.05, 0) is 133 Å². The first-order valence-corrected chi connectivity index (χ1v) is 38.9. The Balaban J connectivity index is 0.00000153. The number of piperazine rings is 1. The second-order valence-electron chi connectivity index (χ2n) is 28.9. The van der Waals surface area contributed by atoms with Gasteiger partial charge in [0.15, 0.2) is 11.5 Å². The van der Waals surface area contributed by atoms with Gasteiger partial charge in [-0.15, -0.1) is 10.2 Å². The molecule has 0 radical (unpaired) electrons. The van der Waals surface area contributed by atoms with Gasteiger partial charge in [-0.2, -0.15) is 0 Å². The molecule has 35 heteroatoms. The first-order chi connectivity index (χ1) is 51.1. The fourth-order valence-corrected chi connectivity index (χ4v) is 15.6. The number of phenols is 1. The molecular formula is C73H107N13O20S2. The van der Waals surface area contributed by atoms with E-state index in [0.717, 1.165) is 84.8 Å². The molecular weight excluding hydrogens is 1440 g/mol. The Labute approximate surface area is 634 Å². The summed E-state index contributed by atoms with van der Waals surface area (Å²) in [5.74, 6) is -9.77. The van der Waals surface area contributed by atoms with E-state index < -0.39 is 201 Å². The Morgan fingerprint density at radius 3 is 1.92 bits per heavy atom. The highest BCUT2D eigenvalue weighted by atomic mass is 32.3. The van der Waals surface area contributed by atoms with E-state index >= 15 is 0 Å². The smallest absolute Gasteiger partial charge is 0.407 e. The lowest BCUT2D eigenvalue weighted by Gasteiger charge is -2.42. The summed E-state index contributed by atoms with van der Waals surface area (Å²) in [6.45, 7) is 22.3. The fourth-order valence-electron chi connectivity index (χ4n) is 14.4. The molecule has 9 rings (SSSR count). The molecule has 5 aliphatic rings. The molecule has 3 aromatic carbocycles. The number of aliphatic hydroxyl groups is 6. The van der Waals surface area contributed by atoms with Gasteiger partial charge in [0.25, 0.3) is 17.1 Å². The second-order valence-corrected chi connectivity index (χ2v) is 31.0. The Kier molecular flexibility index (Phi) is 30.8. The van der Waals surface area contributed by atoms with Crippen molar-refractivity contribution in [3.8, 4) is 32.6 Å². The number of fused-ring (bicyclic) bond motifs is 2. The molecule has 16 N–H and O–H groups in total. The number of anilines is 1. The highest BCUT2D eigenvalue weighted by molar-refractivity contribution is 8.15. The van der Waals surface area contributed by atoms with Crippen molar-refractivity contribution >= 4 is 75.6 Å². The number of aromatic hydroxyl groups is 1. The topological polar surface area (TPSA) is 471 Å². The highest BCUT2D eigenvalue weighted by Crippen LogP contribution is 2.41. The molecule has 1 aromatic heterocycles. The average molecular weight is 1550 g/mol. The summed E-state index contributed by atoms with van der Waals surface area (Å²) in [5, 5.41) is 104. The van der Waals surface area contributed by atoms with Crippen LogP contribution in [-0.2, 0) is 39.9 Å². The van der Waals surface area contributed by atoms with Gasteiger partial charge in [0.2, 0.25) is 35.4 Å². The quantitative estimate of drug-likeness (QED) is 0.0532. The van der Waals surface area contributed by atoms with Crippen LogP contribution in [0.25, 0.3) is 21.1 Å². The number of phenolic OH excluding ortho intramolecular Hbond substituents is 1. The van der Waals surface area contributed by atoms with Crippen molar-refractivity contribution in [1.29, 1.82) is 0 Å². The lowest BCUT2D eigenvalue weighted by molar-refractivity contribution is -0.147. The number of benzene rings is 3. The van der Waals surface area contributed by atoms with Crippen LogP contribution in [0.2, 0.25) is 0 Å². The van der Waals surface area contributed by atoms with Crippen LogP contribution in [0.3, 0.4) is 0 Å². The van der Waals surface area contributed by atoms with Gasteiger partial charge in [-0.1, -0.05) is 63.0 Å². The predicted octanol–water partition coefficient (Wildman–Crippen LogP) is 2.17. The molecule has 4 saturated heterocycles. The average Bonchev–Trinajstić information content (AvgIpc) is 1.64. The summed E-state index contributed by atoms with van der Waals surface area (Å²) in [4.78, 5) is 124. The molecule has 1 aliphatic carbocycles. The minimum absolute atomic E-state index is 0.00865. The summed E-state index contributed by atoms with van der Waals surface area (Å²) in [6, 6.07) is 7.66. The minimum atomic E-state index is -4.75. The number of carbonyl (C=O) groups excluding carboxylic acids is 8. The third kappa shape index (κ3) is 23.0. The molecule has 4 aliphatic heterocycles. The molecule has 4 aromatic rings. The Hall–Kier alpha value is -8.17. The van der Waals surface area contributed by atoms with Crippen molar-refractivity contribution < 1.29 is 96.7 Å². The number of rotatable bonds is 21. The highest BCUT2D eigenvalue weighted by Gasteiger charge is 2.50. The van der Waals surface area contributed by atoms with Gasteiger partial charge < -0.3 is 91.3 Å². The monoisotopic (exact) mass is 1550 g/mol. The first kappa shape index (κ1) is 85.4. The maximum absolute atomic E-state index is 15.0. The summed E-state index contributed by atoms with van der Waals surface area (Å²) in [5.41, 5.74) is 2.52. The number of amides is 8. The van der Waals surface area contributed by atoms with Gasteiger partial charge in [-0.25, -0.2) is 4.79 Å². The summed E-state index contributed by atoms with van der Waals surface area (Å²) in [7, 11) is 0. The molecule has 0 unspecified atom stereocenters. The van der Waals surface area contributed by atoms with E-state index in [1.807, 2.05) is 12.1 Å². The zero-order valence-electron chi connectivity index (χ0n) is 62.2. The standard InChI is InChI=1S/C65H88N12O20S2.C8H19N/c1-5-26-96-65(92)66-21-20-48(82)53-64(91)77-32-35(3)55(84)54(77)60(89)67-31-43(79)29-45(68-56(85)38-9-11-39(12-10-38)61-72-73-62(98-61)40-13-17-42(18-14-40)75-24-22-74(23-25-75)41-15-6-34(2)7-16-41)57(86)69-51(36(4)78)63(90)76-33-44(80)30-46(76)58(87)70-52(59(88)71-53)49(83)27-37-8-19-47(81)50(28-37)97-99(93,94)95;1-6-9(7(2)3)8(4)5/h5,8-14,17-19,28,34-36,41,43-46,48-49,51-55,78-84,93-95H,1,6-7,15-16,20-27,29-33H2,2-4H3,(H,66,92)(H,67,89)(H,68,85)(H,69,86)(H,70,87)(H,71,88);7-8H,6H2,1-5H3/t34?,35-,36+,41?,43+,44+,45-,46-,48+,49+,51-,52-,53-,54-,55-;/m0./s1. The normalized spacial score (nSPS) is 26.3. The fraction of sp³-hybridized carbons (Fsp3) is 0.589. The van der Waals surface area contributed by atoms with Gasteiger partial charge in [0.05, 0.1) is 36.6 Å². The van der Waals surface area contributed by atoms with Crippen molar-refractivity contribution in [3.05, 3.63) is 90.5 Å². The van der Waals surface area contributed by atoms with E-state index in [1.54, 1.807) is 12.1 Å². The largest absolute Gasteiger partial charge is 0.504 e. The molecule has 5 heterocycles. The SMILES string of the molecule is C=CCOC(=O)NCC[C@@H](O)[C@@H]1NC(=O)[C@H]([C@H](O)Cc2ccc(O)c(OS(O)(O)O)c2)NC(=O)[C@@H]2C[C@@H](O)CN2C(=O)[C@H]([C@@H](C)O)NC(=O)[C@@H](NC(=O)c2ccc(-c3nnc(-c4ccc(N5CCN(C6CCC(C)CC6)CC5)cc4)s3)cc2)C[C@@H](O)CNC(=O)[C@@H]2[C@@H](O)[C@@H](C)CN2C1=O.CCN(C(C)C)C(C)C. The molecule has 33 nitrogen and oxygen atoms in total. The van der Waals surface area contributed by atoms with Crippen molar-refractivity contribution in [2.24, 2.45) is 11.8 Å². The van der Waals surface area contributed by atoms with E-state index in [1.165, 1.54) is 62.2 Å². The van der Waals surface area contributed by atoms with Crippen LogP contribution in [0.15, 0.2) is 79.4 Å². The molecule has 13 atom stereocenters. The van der Waals surface area contributed by atoms with Crippen LogP contribution in [-0.4, -0.2) is 283 Å². The van der Waals surface area contributed by atoms with Crippen molar-refractivity contribution in [1.82, 2.24) is 61.7 Å². The maximum Gasteiger partial charge on any atom is 0.407 e. The number of β-amino-alcohol motifs (C(OH)–C–C–N with tert-alkyl or cyclic N) is 1. The van der Waals surface area contributed by atoms with Crippen LogP contribution in [0, 0.1) is 11.8 Å². The second kappa shape index (κ2) is 39.0. The molecule has 1 saturated carbocycles. The molecule has 0 bridgehead atoms. The zero-order valence-corrected chi connectivity index (χ0v) is 63.8. The van der Waals surface area contributed by atoms with E-state index in [2.05, 4.69) is 121 Å². The number of hydrogen-bond acceptors (Lipinski definition) is 26. The number of nitrogens with zero attached hydrogens (tertiary/aromatic N) is 7. The lowest BCUT2D eigenvalue weighted by atomic mass is 9.86. The molecule has 5 fully saturated rings. The molecule has 596 valence electrons. The van der Waals surface area contributed by atoms with Crippen LogP contribution in [0.1, 0.15) is 116 Å². The van der Waals surface area contributed by atoms with Gasteiger partial charge >= 0.3 is 6.09 Å². The molecule has 108 heavy (non-hydrogen) atoms. The number of alkyl carbamates (subject to hydrolysis) is 1. The Morgan fingerprint density at radius 2 is 1.33 bits per heavy atom. The van der Waals surface area contributed by atoms with Crippen molar-refractivity contribution in [2.75, 3.05) is 70.4 Å². The molecule has 0 spiro atoms. The summed E-state index contributed by atoms with van der Waals surface area (Å²) >= 11 is -3.42. The van der Waals surface area contributed by atoms with Crippen molar-refractivity contribution in [2.45, 2.75) is 198 Å². The van der Waals surface area contributed by atoms with Crippen molar-refractivity contribution in [3.63, 3.8) is 0 Å². The van der Waals surface area contributed by atoms with E-state index in [9.17, 15) is 87.8 Å². The first-order valence-electron chi connectivity index (χ1n) is 36.7. The minimum Gasteiger partial charge on any atom is -0.504 e. The van der Waals surface area contributed by atoms with Gasteiger partial charge in [0.1, 0.15) is 52.9 Å². The van der Waals surface area contributed by atoms with Gasteiger partial charge in [-0.3, -0.25) is 57.0 Å². The van der Waals surface area contributed by atoms with Crippen LogP contribution in [0.4, 0.5) is 10.5 Å². The number of aromatic nitrogens is 2. The number of carbonyl (C=O) groups is 8. The number of aliphatic hydroxyl groups excluding tert-OH is 6. The van der Waals surface area contributed by atoms with E-state index in [4.69, 9.17) is 4.74 Å². The maximum atomic E-state index is 15.0. The Bertz CT molecular complexity index is 3700. The van der Waals surface area contributed by atoms with Crippen LogP contribution >= 0.6 is 22.5 Å². The third-order valence-electron chi connectivity index (χ3n) is 20.3. The van der Waals surface area contributed by atoms with Crippen LogP contribution < -0.4 is 41.0 Å². The molecule has 8 amide bonds.